The largest absolute Gasteiger partial charge is 0.310 e. The van der Waals surface area contributed by atoms with Gasteiger partial charge in [-0.25, -0.2) is 4.39 Å². The van der Waals surface area contributed by atoms with E-state index < -0.39 is 0 Å². The lowest BCUT2D eigenvalue weighted by molar-refractivity contribution is 0.537. The molecule has 1 atom stereocenters. The first-order chi connectivity index (χ1) is 9.67. The first-order valence-electron chi connectivity index (χ1n) is 6.95. The summed E-state index contributed by atoms with van der Waals surface area (Å²) < 4.78 is 14.7. The van der Waals surface area contributed by atoms with Crippen LogP contribution in [0.15, 0.2) is 46.9 Å². The van der Waals surface area contributed by atoms with E-state index in [0.717, 1.165) is 18.5 Å². The van der Waals surface area contributed by atoms with Gasteiger partial charge in [-0.2, -0.15) is 0 Å². The lowest BCUT2D eigenvalue weighted by atomic mass is 9.98. The molecule has 106 valence electrons. The highest BCUT2D eigenvalue weighted by Crippen LogP contribution is 2.29. The van der Waals surface area contributed by atoms with Crippen LogP contribution < -0.4 is 5.32 Å². The zero-order chi connectivity index (χ0) is 14.5. The van der Waals surface area contributed by atoms with Gasteiger partial charge in [0, 0.05) is 11.6 Å². The molecule has 0 saturated carbocycles. The molecule has 20 heavy (non-hydrogen) atoms. The Bertz CT molecular complexity index is 583. The highest BCUT2D eigenvalue weighted by molar-refractivity contribution is 9.10. The Morgan fingerprint density at radius 2 is 1.90 bits per heavy atom. The summed E-state index contributed by atoms with van der Waals surface area (Å²) in [6.07, 6.45) is 1.01. The van der Waals surface area contributed by atoms with Gasteiger partial charge in [-0.05, 0) is 52.2 Å². The van der Waals surface area contributed by atoms with Gasteiger partial charge in [0.05, 0.1) is 4.47 Å². The van der Waals surface area contributed by atoms with E-state index in [4.69, 9.17) is 0 Å². The number of benzene rings is 2. The van der Waals surface area contributed by atoms with Gasteiger partial charge in [0.1, 0.15) is 5.82 Å². The Morgan fingerprint density at radius 1 is 1.15 bits per heavy atom. The van der Waals surface area contributed by atoms with E-state index in [1.807, 2.05) is 24.3 Å². The maximum atomic E-state index is 14.2. The Kier molecular flexibility index (Phi) is 5.32. The quantitative estimate of drug-likeness (QED) is 0.780. The van der Waals surface area contributed by atoms with Crippen molar-refractivity contribution in [1.82, 2.24) is 5.32 Å². The molecule has 0 amide bonds. The summed E-state index contributed by atoms with van der Waals surface area (Å²) in [6, 6.07) is 13.8. The van der Waals surface area contributed by atoms with E-state index in [2.05, 4.69) is 47.2 Å². The van der Waals surface area contributed by atoms with Crippen molar-refractivity contribution < 1.29 is 4.39 Å². The van der Waals surface area contributed by atoms with Crippen LogP contribution >= 0.6 is 15.9 Å². The van der Waals surface area contributed by atoms with Gasteiger partial charge in [-0.15, -0.1) is 0 Å². The van der Waals surface area contributed by atoms with Crippen LogP contribution in [-0.2, 0) is 0 Å². The van der Waals surface area contributed by atoms with E-state index in [0.29, 0.717) is 16.1 Å². The van der Waals surface area contributed by atoms with Gasteiger partial charge in [0.25, 0.3) is 0 Å². The summed E-state index contributed by atoms with van der Waals surface area (Å²) in [7, 11) is 0. The number of halogens is 2. The molecule has 2 rings (SSSR count). The predicted molar refractivity (Wildman–Crippen MR) is 86.2 cm³/mol. The molecular formula is C17H19BrFN. The third kappa shape index (κ3) is 3.28. The topological polar surface area (TPSA) is 12.0 Å². The van der Waals surface area contributed by atoms with Gasteiger partial charge in [-0.3, -0.25) is 0 Å². The molecule has 0 radical (unpaired) electrons. The number of rotatable bonds is 5. The second-order valence-electron chi connectivity index (χ2n) is 4.75. The summed E-state index contributed by atoms with van der Waals surface area (Å²) in [5.41, 5.74) is 2.75. The standard InChI is InChI=1S/C17H19BrFN/c1-3-16(20-4-2)13-8-5-7-12(11-13)14-9-6-10-15(18)17(14)19/h5-11,16,20H,3-4H2,1-2H3. The van der Waals surface area contributed by atoms with Crippen LogP contribution in [0.5, 0.6) is 0 Å². The molecule has 0 fully saturated rings. The Hall–Kier alpha value is -1.19. The minimum atomic E-state index is -0.207. The molecule has 0 saturated heterocycles. The zero-order valence-corrected chi connectivity index (χ0v) is 13.4. The summed E-state index contributed by atoms with van der Waals surface area (Å²) >= 11 is 3.24. The maximum absolute atomic E-state index is 14.2. The van der Waals surface area contributed by atoms with Crippen molar-refractivity contribution in [3.63, 3.8) is 0 Å². The van der Waals surface area contributed by atoms with Crippen molar-refractivity contribution in [2.75, 3.05) is 6.54 Å². The molecule has 0 aromatic heterocycles. The van der Waals surface area contributed by atoms with Gasteiger partial charge < -0.3 is 5.32 Å². The fourth-order valence-electron chi connectivity index (χ4n) is 2.39. The summed E-state index contributed by atoms with van der Waals surface area (Å²) in [5, 5.41) is 3.45. The van der Waals surface area contributed by atoms with Crippen molar-refractivity contribution in [2.24, 2.45) is 0 Å². The smallest absolute Gasteiger partial charge is 0.145 e. The van der Waals surface area contributed by atoms with Crippen LogP contribution in [0.25, 0.3) is 11.1 Å². The Labute approximate surface area is 128 Å². The Balaban J connectivity index is 2.41. The van der Waals surface area contributed by atoms with Gasteiger partial charge in [0.2, 0.25) is 0 Å². The average Bonchev–Trinajstić information content (AvgIpc) is 2.47. The van der Waals surface area contributed by atoms with E-state index in [-0.39, 0.29) is 5.82 Å². The van der Waals surface area contributed by atoms with Crippen LogP contribution in [-0.4, -0.2) is 6.54 Å². The first kappa shape index (κ1) is 15.2. The normalized spacial score (nSPS) is 12.4. The van der Waals surface area contributed by atoms with Crippen LogP contribution in [0, 0.1) is 5.82 Å². The molecule has 1 unspecified atom stereocenters. The van der Waals surface area contributed by atoms with E-state index in [1.54, 1.807) is 6.07 Å². The van der Waals surface area contributed by atoms with Crippen LogP contribution in [0.3, 0.4) is 0 Å². The van der Waals surface area contributed by atoms with Crippen LogP contribution in [0.2, 0.25) is 0 Å². The van der Waals surface area contributed by atoms with Crippen LogP contribution in [0.1, 0.15) is 31.9 Å². The lowest BCUT2D eigenvalue weighted by Gasteiger charge is -2.17. The molecule has 1 nitrogen and oxygen atoms in total. The SMILES string of the molecule is CCNC(CC)c1cccc(-c2cccc(Br)c2F)c1. The van der Waals surface area contributed by atoms with Gasteiger partial charge >= 0.3 is 0 Å². The molecule has 0 bridgehead atoms. The lowest BCUT2D eigenvalue weighted by Crippen LogP contribution is -2.19. The zero-order valence-electron chi connectivity index (χ0n) is 11.8. The molecule has 0 aliphatic rings. The van der Waals surface area contributed by atoms with Crippen LogP contribution in [0.4, 0.5) is 4.39 Å². The molecule has 2 aromatic rings. The number of nitrogens with one attached hydrogen (secondary N) is 1. The molecule has 2 aromatic carbocycles. The summed E-state index contributed by atoms with van der Waals surface area (Å²) in [5.74, 6) is -0.207. The molecule has 0 aliphatic heterocycles. The molecule has 3 heteroatoms. The minimum Gasteiger partial charge on any atom is -0.310 e. The average molecular weight is 336 g/mol. The molecule has 0 heterocycles. The molecule has 0 spiro atoms. The molecule has 0 aliphatic carbocycles. The third-order valence-corrected chi connectivity index (χ3v) is 4.02. The maximum Gasteiger partial charge on any atom is 0.145 e. The summed E-state index contributed by atoms with van der Waals surface area (Å²) in [4.78, 5) is 0. The van der Waals surface area contributed by atoms with Crippen molar-refractivity contribution in [3.05, 3.63) is 58.3 Å². The second kappa shape index (κ2) is 7.00. The third-order valence-electron chi connectivity index (χ3n) is 3.41. The van der Waals surface area contributed by atoms with Crippen molar-refractivity contribution in [2.45, 2.75) is 26.3 Å². The van der Waals surface area contributed by atoms with Crippen molar-refractivity contribution in [1.29, 1.82) is 0 Å². The fourth-order valence-corrected chi connectivity index (χ4v) is 2.76. The van der Waals surface area contributed by atoms with Crippen molar-refractivity contribution >= 4 is 15.9 Å². The van der Waals surface area contributed by atoms with E-state index in [9.17, 15) is 4.39 Å². The van der Waals surface area contributed by atoms with Gasteiger partial charge in [0.15, 0.2) is 0 Å². The summed E-state index contributed by atoms with van der Waals surface area (Å²) in [6.45, 7) is 5.17. The van der Waals surface area contributed by atoms with Crippen molar-refractivity contribution in [3.8, 4) is 11.1 Å². The molecular weight excluding hydrogens is 317 g/mol. The highest BCUT2D eigenvalue weighted by atomic mass is 79.9. The second-order valence-corrected chi connectivity index (χ2v) is 5.60. The minimum absolute atomic E-state index is 0.207. The van der Waals surface area contributed by atoms with E-state index >= 15 is 0 Å². The first-order valence-corrected chi connectivity index (χ1v) is 7.74. The fraction of sp³-hybridized carbons (Fsp3) is 0.294. The van der Waals surface area contributed by atoms with E-state index in [1.165, 1.54) is 5.56 Å². The molecule has 1 N–H and O–H groups in total. The predicted octanol–water partition coefficient (Wildman–Crippen LogP) is 5.32. The number of hydrogen-bond donors (Lipinski definition) is 1. The Morgan fingerprint density at radius 3 is 2.60 bits per heavy atom. The van der Waals surface area contributed by atoms with Gasteiger partial charge in [-0.1, -0.05) is 44.2 Å². The monoisotopic (exact) mass is 335 g/mol. The highest BCUT2D eigenvalue weighted by Gasteiger charge is 2.11. The number of hydrogen-bond acceptors (Lipinski definition) is 1.